The van der Waals surface area contributed by atoms with Crippen LogP contribution in [0.4, 0.5) is 0 Å². The average molecular weight is 238 g/mol. The molecule has 2 aromatic rings. The topological polar surface area (TPSA) is 62.7 Å². The summed E-state index contributed by atoms with van der Waals surface area (Å²) in [6.07, 6.45) is 6.60. The maximum absolute atomic E-state index is 10.9. The number of imidazole rings is 1. The quantitative estimate of drug-likeness (QED) is 0.732. The van der Waals surface area contributed by atoms with E-state index in [-0.39, 0.29) is 4.87 Å². The molecule has 0 radical (unpaired) electrons. The third-order valence-electron chi connectivity index (χ3n) is 2.22. The first-order chi connectivity index (χ1) is 7.84. The highest BCUT2D eigenvalue weighted by Crippen LogP contribution is 1.95. The van der Waals surface area contributed by atoms with Crippen LogP contribution in [0.5, 0.6) is 0 Å². The molecule has 2 aromatic heterocycles. The Morgan fingerprint density at radius 1 is 1.56 bits per heavy atom. The van der Waals surface area contributed by atoms with Crippen molar-refractivity contribution in [1.82, 2.24) is 19.9 Å². The molecule has 0 bridgehead atoms. The normalized spacial score (nSPS) is 10.8. The lowest BCUT2D eigenvalue weighted by molar-refractivity contribution is 0.577. The van der Waals surface area contributed by atoms with Crippen molar-refractivity contribution < 1.29 is 0 Å². The number of aromatic amines is 1. The van der Waals surface area contributed by atoms with Crippen LogP contribution in [-0.2, 0) is 13.1 Å². The third-order valence-corrected chi connectivity index (χ3v) is 2.93. The van der Waals surface area contributed by atoms with Gasteiger partial charge in [-0.15, -0.1) is 0 Å². The second-order valence-corrected chi connectivity index (χ2v) is 4.35. The van der Waals surface area contributed by atoms with Crippen molar-refractivity contribution in [2.45, 2.75) is 19.5 Å². The van der Waals surface area contributed by atoms with E-state index in [1.54, 1.807) is 6.20 Å². The fourth-order valence-electron chi connectivity index (χ4n) is 1.43. The molecule has 2 heterocycles. The predicted octanol–water partition coefficient (Wildman–Crippen LogP) is 0.813. The molecule has 0 saturated carbocycles. The minimum Gasteiger partial charge on any atom is -0.337 e. The number of nitrogens with zero attached hydrogens (tertiary/aromatic N) is 2. The van der Waals surface area contributed by atoms with E-state index in [4.69, 9.17) is 0 Å². The Labute approximate surface area is 97.2 Å². The van der Waals surface area contributed by atoms with E-state index < -0.39 is 0 Å². The lowest BCUT2D eigenvalue weighted by Gasteiger charge is -2.03. The van der Waals surface area contributed by atoms with Crippen LogP contribution in [0, 0.1) is 0 Å². The van der Waals surface area contributed by atoms with Crippen LogP contribution in [0.1, 0.15) is 12.1 Å². The van der Waals surface area contributed by atoms with Gasteiger partial charge >= 0.3 is 4.87 Å². The second-order valence-electron chi connectivity index (χ2n) is 3.50. The van der Waals surface area contributed by atoms with Gasteiger partial charge in [-0.2, -0.15) is 0 Å². The summed E-state index contributed by atoms with van der Waals surface area (Å²) in [5, 5.41) is 5.13. The summed E-state index contributed by atoms with van der Waals surface area (Å²) in [4.78, 5) is 17.6. The largest absolute Gasteiger partial charge is 0.337 e. The highest BCUT2D eigenvalue weighted by Gasteiger charge is 1.95. The number of H-pyrrole nitrogens is 1. The zero-order valence-electron chi connectivity index (χ0n) is 8.85. The summed E-state index contributed by atoms with van der Waals surface area (Å²) in [6.45, 7) is 2.62. The molecular weight excluding hydrogens is 224 g/mol. The van der Waals surface area contributed by atoms with Crippen LogP contribution in [0.2, 0.25) is 0 Å². The van der Waals surface area contributed by atoms with Crippen LogP contribution < -0.4 is 10.2 Å². The number of thiazole rings is 1. The van der Waals surface area contributed by atoms with Gasteiger partial charge < -0.3 is 14.9 Å². The highest BCUT2D eigenvalue weighted by atomic mass is 32.1. The first-order valence-corrected chi connectivity index (χ1v) is 6.06. The zero-order chi connectivity index (χ0) is 11.2. The molecule has 2 rings (SSSR count). The summed E-state index contributed by atoms with van der Waals surface area (Å²) in [6, 6.07) is 0. The molecule has 0 fully saturated rings. The molecule has 0 aromatic carbocycles. The molecule has 0 unspecified atom stereocenters. The number of rotatable bonds is 6. The van der Waals surface area contributed by atoms with Gasteiger partial charge in [0.2, 0.25) is 0 Å². The number of hydrogen-bond donors (Lipinski definition) is 2. The summed E-state index contributed by atoms with van der Waals surface area (Å²) in [7, 11) is 0. The molecule has 0 aliphatic heterocycles. The molecule has 0 saturated heterocycles. The Morgan fingerprint density at radius 3 is 3.19 bits per heavy atom. The van der Waals surface area contributed by atoms with Gasteiger partial charge in [0.15, 0.2) is 0 Å². The van der Waals surface area contributed by atoms with Crippen LogP contribution in [-0.4, -0.2) is 21.1 Å². The molecule has 2 N–H and O–H groups in total. The highest BCUT2D eigenvalue weighted by molar-refractivity contribution is 7.07. The van der Waals surface area contributed by atoms with Gasteiger partial charge in [-0.1, -0.05) is 11.3 Å². The lowest BCUT2D eigenvalue weighted by atomic mass is 10.4. The summed E-state index contributed by atoms with van der Waals surface area (Å²) >= 11 is 1.20. The molecule has 0 aliphatic rings. The van der Waals surface area contributed by atoms with Gasteiger partial charge in [-0.3, -0.25) is 4.79 Å². The van der Waals surface area contributed by atoms with Crippen molar-refractivity contribution >= 4 is 11.3 Å². The van der Waals surface area contributed by atoms with E-state index in [2.05, 4.69) is 15.3 Å². The number of hydrogen-bond acceptors (Lipinski definition) is 4. The van der Waals surface area contributed by atoms with Crippen LogP contribution in [0.15, 0.2) is 28.9 Å². The van der Waals surface area contributed by atoms with E-state index in [9.17, 15) is 4.79 Å². The van der Waals surface area contributed by atoms with Crippen molar-refractivity contribution in [2.24, 2.45) is 0 Å². The van der Waals surface area contributed by atoms with Gasteiger partial charge in [0, 0.05) is 36.6 Å². The molecule has 0 spiro atoms. The molecule has 0 aliphatic carbocycles. The zero-order valence-corrected chi connectivity index (χ0v) is 9.67. The average Bonchev–Trinajstić information content (AvgIpc) is 2.89. The van der Waals surface area contributed by atoms with Crippen molar-refractivity contribution in [3.8, 4) is 0 Å². The van der Waals surface area contributed by atoms with E-state index in [1.165, 1.54) is 11.3 Å². The SMILES string of the molecule is O=c1[nH]c(CNCCCn2ccnc2)cs1. The van der Waals surface area contributed by atoms with Gasteiger partial charge in [0.25, 0.3) is 0 Å². The van der Waals surface area contributed by atoms with E-state index in [0.717, 1.165) is 31.7 Å². The van der Waals surface area contributed by atoms with Crippen LogP contribution in [0.25, 0.3) is 0 Å². The Balaban J connectivity index is 1.60. The molecule has 0 atom stereocenters. The van der Waals surface area contributed by atoms with Crippen molar-refractivity contribution in [3.63, 3.8) is 0 Å². The smallest absolute Gasteiger partial charge is 0.304 e. The summed E-state index contributed by atoms with van der Waals surface area (Å²) in [5.41, 5.74) is 0.956. The first kappa shape index (κ1) is 11.1. The summed E-state index contributed by atoms with van der Waals surface area (Å²) < 4.78 is 2.05. The maximum atomic E-state index is 10.9. The Hall–Kier alpha value is -1.40. The van der Waals surface area contributed by atoms with E-state index in [1.807, 2.05) is 22.5 Å². The Morgan fingerprint density at radius 2 is 2.50 bits per heavy atom. The van der Waals surface area contributed by atoms with E-state index >= 15 is 0 Å². The van der Waals surface area contributed by atoms with Crippen LogP contribution in [0.3, 0.4) is 0 Å². The number of aryl methyl sites for hydroxylation is 1. The van der Waals surface area contributed by atoms with Crippen molar-refractivity contribution in [2.75, 3.05) is 6.54 Å². The summed E-state index contributed by atoms with van der Waals surface area (Å²) in [5.74, 6) is 0. The maximum Gasteiger partial charge on any atom is 0.304 e. The molecular formula is C10H14N4OS. The van der Waals surface area contributed by atoms with Gasteiger partial charge in [-0.05, 0) is 13.0 Å². The minimum atomic E-state index is 0.00946. The standard InChI is InChI=1S/C10H14N4OS/c15-10-13-9(7-16-10)6-11-2-1-4-14-5-3-12-8-14/h3,5,7-8,11H,1-2,4,6H2,(H,13,15). The van der Waals surface area contributed by atoms with Gasteiger partial charge in [0.1, 0.15) is 0 Å². The van der Waals surface area contributed by atoms with Crippen molar-refractivity contribution in [1.29, 1.82) is 0 Å². The third kappa shape index (κ3) is 3.32. The number of nitrogens with one attached hydrogen (secondary N) is 2. The molecule has 6 heteroatoms. The molecule has 16 heavy (non-hydrogen) atoms. The fourth-order valence-corrected chi connectivity index (χ4v) is 2.01. The van der Waals surface area contributed by atoms with E-state index in [0.29, 0.717) is 0 Å². The van der Waals surface area contributed by atoms with Gasteiger partial charge in [-0.25, -0.2) is 4.98 Å². The van der Waals surface area contributed by atoms with Gasteiger partial charge in [0.05, 0.1) is 6.33 Å². The molecule has 5 nitrogen and oxygen atoms in total. The van der Waals surface area contributed by atoms with Crippen LogP contribution >= 0.6 is 11.3 Å². The number of aromatic nitrogens is 3. The lowest BCUT2D eigenvalue weighted by Crippen LogP contribution is -2.17. The minimum absolute atomic E-state index is 0.00946. The predicted molar refractivity (Wildman–Crippen MR) is 63.5 cm³/mol. The first-order valence-electron chi connectivity index (χ1n) is 5.18. The molecule has 86 valence electrons. The fraction of sp³-hybridized carbons (Fsp3) is 0.400. The van der Waals surface area contributed by atoms with Crippen molar-refractivity contribution in [3.05, 3.63) is 39.5 Å². The Kier molecular flexibility index (Phi) is 3.90. The Bertz CT molecular complexity index is 459. The second kappa shape index (κ2) is 5.62. The monoisotopic (exact) mass is 238 g/mol. The molecule has 0 amide bonds.